The topological polar surface area (TPSA) is 70.7 Å². The summed E-state index contributed by atoms with van der Waals surface area (Å²) < 4.78 is 19.0. The third kappa shape index (κ3) is 4.66. The fourth-order valence-electron chi connectivity index (χ4n) is 2.79. The van der Waals surface area contributed by atoms with Gasteiger partial charge in [-0.05, 0) is 23.6 Å². The van der Waals surface area contributed by atoms with E-state index in [1.54, 1.807) is 17.4 Å². The van der Waals surface area contributed by atoms with E-state index in [1.165, 1.54) is 18.2 Å². The summed E-state index contributed by atoms with van der Waals surface area (Å²) in [6, 6.07) is 9.67. The number of nitrogens with zero attached hydrogens (tertiary/aromatic N) is 1. The van der Waals surface area contributed by atoms with Gasteiger partial charge in [-0.1, -0.05) is 18.2 Å². The summed E-state index contributed by atoms with van der Waals surface area (Å²) in [7, 11) is 0. The molecule has 0 unspecified atom stereocenters. The first-order valence-electron chi connectivity index (χ1n) is 8.34. The Morgan fingerprint density at radius 3 is 2.62 bits per heavy atom. The van der Waals surface area contributed by atoms with E-state index in [4.69, 9.17) is 4.74 Å². The maximum absolute atomic E-state index is 13.6. The summed E-state index contributed by atoms with van der Waals surface area (Å²) in [5, 5.41) is 6.93. The Kier molecular flexibility index (Phi) is 6.32. The molecular formula is C18H20FN3O3S. The maximum Gasteiger partial charge on any atom is 0.313 e. The van der Waals surface area contributed by atoms with Crippen LogP contribution in [0.25, 0.3) is 0 Å². The van der Waals surface area contributed by atoms with Gasteiger partial charge in [-0.3, -0.25) is 14.5 Å². The number of hydrogen-bond acceptors (Lipinski definition) is 5. The number of para-hydroxylation sites is 1. The van der Waals surface area contributed by atoms with Crippen molar-refractivity contribution >= 4 is 28.8 Å². The number of benzene rings is 1. The van der Waals surface area contributed by atoms with Crippen LogP contribution in [0.15, 0.2) is 41.8 Å². The second-order valence-corrected chi connectivity index (χ2v) is 6.80. The zero-order chi connectivity index (χ0) is 18.4. The summed E-state index contributed by atoms with van der Waals surface area (Å²) in [6.45, 7) is 3.11. The molecule has 6 nitrogen and oxygen atoms in total. The van der Waals surface area contributed by atoms with Crippen molar-refractivity contribution in [2.45, 2.75) is 6.04 Å². The van der Waals surface area contributed by atoms with Crippen LogP contribution in [0.2, 0.25) is 0 Å². The standard InChI is InChI=1S/C18H20FN3O3S/c19-13-4-1-2-5-14(13)21-18(24)17(23)20-12-15(16-6-3-11-26-16)22-7-9-25-10-8-22/h1-6,11,15H,7-10,12H2,(H,20,23)(H,21,24)/t15-/m0/s1. The van der Waals surface area contributed by atoms with Crippen molar-refractivity contribution in [3.8, 4) is 0 Å². The highest BCUT2D eigenvalue weighted by molar-refractivity contribution is 7.10. The number of halogens is 1. The van der Waals surface area contributed by atoms with Crippen molar-refractivity contribution in [3.05, 3.63) is 52.5 Å². The van der Waals surface area contributed by atoms with Gasteiger partial charge >= 0.3 is 11.8 Å². The average Bonchev–Trinajstić information content (AvgIpc) is 3.19. The highest BCUT2D eigenvalue weighted by Gasteiger charge is 2.25. The summed E-state index contributed by atoms with van der Waals surface area (Å²) in [6.07, 6.45) is 0. The number of hydrogen-bond donors (Lipinski definition) is 2. The number of rotatable bonds is 5. The Hall–Kier alpha value is -2.29. The van der Waals surface area contributed by atoms with Crippen LogP contribution in [-0.2, 0) is 14.3 Å². The molecule has 1 aliphatic rings. The number of thiophene rings is 1. The van der Waals surface area contributed by atoms with Crippen LogP contribution in [0, 0.1) is 5.82 Å². The molecule has 0 spiro atoms. The molecule has 0 bridgehead atoms. The Morgan fingerprint density at radius 1 is 1.15 bits per heavy atom. The number of nitrogens with one attached hydrogen (secondary N) is 2. The molecule has 2 N–H and O–H groups in total. The first kappa shape index (κ1) is 18.5. The quantitative estimate of drug-likeness (QED) is 0.782. The molecule has 3 rings (SSSR count). The van der Waals surface area contributed by atoms with Gasteiger partial charge in [-0.15, -0.1) is 11.3 Å². The van der Waals surface area contributed by atoms with E-state index in [0.717, 1.165) is 18.0 Å². The Balaban J connectivity index is 1.60. The van der Waals surface area contributed by atoms with E-state index in [9.17, 15) is 14.0 Å². The zero-order valence-electron chi connectivity index (χ0n) is 14.1. The number of amides is 2. The molecule has 2 aromatic rings. The largest absolute Gasteiger partial charge is 0.379 e. The summed E-state index contributed by atoms with van der Waals surface area (Å²) in [5.41, 5.74) is -0.0179. The van der Waals surface area contributed by atoms with Crippen molar-refractivity contribution in [3.63, 3.8) is 0 Å². The van der Waals surface area contributed by atoms with Crippen molar-refractivity contribution in [2.75, 3.05) is 38.2 Å². The van der Waals surface area contributed by atoms with E-state index in [2.05, 4.69) is 15.5 Å². The first-order chi connectivity index (χ1) is 12.6. The number of morpholine rings is 1. The molecule has 1 aromatic heterocycles. The van der Waals surface area contributed by atoms with Gasteiger partial charge in [0.2, 0.25) is 0 Å². The van der Waals surface area contributed by atoms with Crippen molar-refractivity contribution in [2.24, 2.45) is 0 Å². The van der Waals surface area contributed by atoms with Crippen LogP contribution in [0.4, 0.5) is 10.1 Å². The molecule has 8 heteroatoms. The minimum atomic E-state index is -0.887. The van der Waals surface area contributed by atoms with Gasteiger partial charge < -0.3 is 15.4 Å². The minimum Gasteiger partial charge on any atom is -0.379 e. The molecule has 1 saturated heterocycles. The highest BCUT2D eigenvalue weighted by Crippen LogP contribution is 2.25. The molecular weight excluding hydrogens is 357 g/mol. The predicted molar refractivity (Wildman–Crippen MR) is 97.5 cm³/mol. The molecule has 1 aliphatic heterocycles. The zero-order valence-corrected chi connectivity index (χ0v) is 14.9. The van der Waals surface area contributed by atoms with Gasteiger partial charge in [0.15, 0.2) is 0 Å². The summed E-state index contributed by atoms with van der Waals surface area (Å²) >= 11 is 1.61. The van der Waals surface area contributed by atoms with Crippen LogP contribution >= 0.6 is 11.3 Å². The fourth-order valence-corrected chi connectivity index (χ4v) is 3.65. The Labute approximate surface area is 155 Å². The lowest BCUT2D eigenvalue weighted by Gasteiger charge is -2.34. The van der Waals surface area contributed by atoms with Crippen LogP contribution in [0.3, 0.4) is 0 Å². The lowest BCUT2D eigenvalue weighted by molar-refractivity contribution is -0.136. The van der Waals surface area contributed by atoms with Crippen LogP contribution in [0.1, 0.15) is 10.9 Å². The SMILES string of the molecule is O=C(NC[C@@H](c1cccs1)N1CCOCC1)C(=O)Nc1ccccc1F. The van der Waals surface area contributed by atoms with Gasteiger partial charge in [0.1, 0.15) is 5.82 Å². The van der Waals surface area contributed by atoms with Gasteiger partial charge in [0.05, 0.1) is 24.9 Å². The van der Waals surface area contributed by atoms with Gasteiger partial charge in [0, 0.05) is 24.5 Å². The summed E-state index contributed by atoms with van der Waals surface area (Å²) in [5.74, 6) is -2.26. The summed E-state index contributed by atoms with van der Waals surface area (Å²) in [4.78, 5) is 27.5. The first-order valence-corrected chi connectivity index (χ1v) is 9.22. The van der Waals surface area contributed by atoms with E-state index in [0.29, 0.717) is 19.8 Å². The van der Waals surface area contributed by atoms with Crippen molar-refractivity contribution in [1.82, 2.24) is 10.2 Å². The fraction of sp³-hybridized carbons (Fsp3) is 0.333. The molecule has 26 heavy (non-hydrogen) atoms. The van der Waals surface area contributed by atoms with Crippen molar-refractivity contribution < 1.29 is 18.7 Å². The van der Waals surface area contributed by atoms with Crippen LogP contribution in [0.5, 0.6) is 0 Å². The van der Waals surface area contributed by atoms with Gasteiger partial charge in [-0.2, -0.15) is 0 Å². The molecule has 0 aliphatic carbocycles. The van der Waals surface area contributed by atoms with Gasteiger partial charge in [0.25, 0.3) is 0 Å². The van der Waals surface area contributed by atoms with E-state index in [-0.39, 0.29) is 11.7 Å². The average molecular weight is 377 g/mol. The number of anilines is 1. The smallest absolute Gasteiger partial charge is 0.313 e. The molecule has 2 amide bonds. The van der Waals surface area contributed by atoms with E-state index < -0.39 is 17.6 Å². The lowest BCUT2D eigenvalue weighted by Crippen LogP contribution is -2.45. The third-order valence-electron chi connectivity index (χ3n) is 4.14. The van der Waals surface area contributed by atoms with Crippen LogP contribution in [-0.4, -0.2) is 49.6 Å². The highest BCUT2D eigenvalue weighted by atomic mass is 32.1. The van der Waals surface area contributed by atoms with Crippen LogP contribution < -0.4 is 10.6 Å². The molecule has 1 aromatic carbocycles. The predicted octanol–water partition coefficient (Wildman–Crippen LogP) is 2.02. The molecule has 1 atom stereocenters. The minimum absolute atomic E-state index is 0.0179. The normalized spacial score (nSPS) is 16.0. The molecule has 0 radical (unpaired) electrons. The lowest BCUT2D eigenvalue weighted by atomic mass is 10.2. The Bertz CT molecular complexity index is 748. The third-order valence-corrected chi connectivity index (χ3v) is 5.12. The molecule has 0 saturated carbocycles. The number of ether oxygens (including phenoxy) is 1. The maximum atomic E-state index is 13.6. The molecule has 138 valence electrons. The Morgan fingerprint density at radius 2 is 1.92 bits per heavy atom. The monoisotopic (exact) mass is 377 g/mol. The molecule has 1 fully saturated rings. The number of carbonyl (C=O) groups excluding carboxylic acids is 2. The second kappa shape index (κ2) is 8.88. The van der Waals surface area contributed by atoms with Crippen molar-refractivity contribution in [1.29, 1.82) is 0 Å². The van der Waals surface area contributed by atoms with Gasteiger partial charge in [-0.25, -0.2) is 4.39 Å². The number of carbonyl (C=O) groups is 2. The second-order valence-electron chi connectivity index (χ2n) is 5.82. The van der Waals surface area contributed by atoms with E-state index in [1.807, 2.05) is 17.5 Å². The molecule has 2 heterocycles. The van der Waals surface area contributed by atoms with E-state index >= 15 is 0 Å².